The molecule has 1 atom stereocenters. The molecule has 0 saturated carbocycles. The van der Waals surface area contributed by atoms with Crippen LogP contribution in [0.2, 0.25) is 5.02 Å². The first-order chi connectivity index (χ1) is 11.6. The first kappa shape index (κ1) is 16.3. The molecular formula is C18H16ClNO4. The SMILES string of the molecule is CCOc1ccc(NC(=O)[C@H]2Cc3ccc(Cl)cc3C(=O)O2)cc1. The Morgan fingerprint density at radius 1 is 1.29 bits per heavy atom. The number of hydrogen-bond donors (Lipinski definition) is 1. The fourth-order valence-corrected chi connectivity index (χ4v) is 2.69. The van der Waals surface area contributed by atoms with Gasteiger partial charge in [0, 0.05) is 17.1 Å². The minimum atomic E-state index is -0.863. The van der Waals surface area contributed by atoms with Crippen molar-refractivity contribution in [2.75, 3.05) is 11.9 Å². The first-order valence-corrected chi connectivity index (χ1v) is 7.97. The van der Waals surface area contributed by atoms with E-state index in [1.54, 1.807) is 42.5 Å². The van der Waals surface area contributed by atoms with Crippen LogP contribution in [0.4, 0.5) is 5.69 Å². The summed E-state index contributed by atoms with van der Waals surface area (Å²) in [6.45, 7) is 2.48. The van der Waals surface area contributed by atoms with Crippen molar-refractivity contribution in [1.29, 1.82) is 0 Å². The number of carbonyl (C=O) groups is 2. The minimum Gasteiger partial charge on any atom is -0.494 e. The monoisotopic (exact) mass is 345 g/mol. The zero-order valence-electron chi connectivity index (χ0n) is 13.0. The molecule has 0 aromatic heterocycles. The van der Waals surface area contributed by atoms with Gasteiger partial charge in [0.15, 0.2) is 6.10 Å². The number of rotatable bonds is 4. The van der Waals surface area contributed by atoms with Crippen LogP contribution in [0.5, 0.6) is 5.75 Å². The Balaban J connectivity index is 1.69. The summed E-state index contributed by atoms with van der Waals surface area (Å²) in [6, 6.07) is 12.0. The number of fused-ring (bicyclic) bond motifs is 1. The van der Waals surface area contributed by atoms with Crippen LogP contribution in [-0.2, 0) is 16.0 Å². The quantitative estimate of drug-likeness (QED) is 0.862. The average Bonchev–Trinajstić information content (AvgIpc) is 2.57. The number of halogens is 1. The fourth-order valence-electron chi connectivity index (χ4n) is 2.52. The van der Waals surface area contributed by atoms with E-state index in [1.807, 2.05) is 6.92 Å². The van der Waals surface area contributed by atoms with Gasteiger partial charge < -0.3 is 14.8 Å². The van der Waals surface area contributed by atoms with E-state index in [4.69, 9.17) is 21.1 Å². The molecule has 0 fully saturated rings. The second kappa shape index (κ2) is 6.93. The van der Waals surface area contributed by atoms with Crippen LogP contribution < -0.4 is 10.1 Å². The molecule has 5 nitrogen and oxygen atoms in total. The Labute approximate surface area is 144 Å². The van der Waals surface area contributed by atoms with Crippen molar-refractivity contribution in [3.63, 3.8) is 0 Å². The van der Waals surface area contributed by atoms with Crippen molar-refractivity contribution in [2.24, 2.45) is 0 Å². The Morgan fingerprint density at radius 3 is 2.75 bits per heavy atom. The van der Waals surface area contributed by atoms with Gasteiger partial charge >= 0.3 is 5.97 Å². The highest BCUT2D eigenvalue weighted by Gasteiger charge is 2.31. The maximum absolute atomic E-state index is 12.4. The topological polar surface area (TPSA) is 64.6 Å². The van der Waals surface area contributed by atoms with Crippen LogP contribution in [0.3, 0.4) is 0 Å². The van der Waals surface area contributed by atoms with Gasteiger partial charge in [-0.3, -0.25) is 4.79 Å². The summed E-state index contributed by atoms with van der Waals surface area (Å²) in [6.07, 6.45) is -0.543. The van der Waals surface area contributed by atoms with Crippen molar-refractivity contribution in [3.8, 4) is 5.75 Å². The zero-order chi connectivity index (χ0) is 17.1. The molecular weight excluding hydrogens is 330 g/mol. The Hall–Kier alpha value is -2.53. The lowest BCUT2D eigenvalue weighted by Crippen LogP contribution is -2.38. The Bertz CT molecular complexity index is 773. The number of ether oxygens (including phenoxy) is 2. The number of nitrogens with one attached hydrogen (secondary N) is 1. The van der Waals surface area contributed by atoms with Crippen molar-refractivity contribution in [1.82, 2.24) is 0 Å². The van der Waals surface area contributed by atoms with Crippen molar-refractivity contribution in [2.45, 2.75) is 19.4 Å². The molecule has 0 radical (unpaired) electrons. The van der Waals surface area contributed by atoms with Crippen LogP contribution in [-0.4, -0.2) is 24.6 Å². The van der Waals surface area contributed by atoms with E-state index in [0.717, 1.165) is 11.3 Å². The van der Waals surface area contributed by atoms with E-state index in [1.165, 1.54) is 0 Å². The molecule has 1 N–H and O–H groups in total. The third-order valence-corrected chi connectivity index (χ3v) is 3.91. The highest BCUT2D eigenvalue weighted by molar-refractivity contribution is 6.31. The molecule has 1 aliphatic rings. The average molecular weight is 346 g/mol. The van der Waals surface area contributed by atoms with Gasteiger partial charge in [0.05, 0.1) is 12.2 Å². The summed E-state index contributed by atoms with van der Waals surface area (Å²) in [5.74, 6) is -0.177. The van der Waals surface area contributed by atoms with Crippen molar-refractivity contribution in [3.05, 3.63) is 58.6 Å². The Morgan fingerprint density at radius 2 is 2.04 bits per heavy atom. The summed E-state index contributed by atoms with van der Waals surface area (Å²) < 4.78 is 10.6. The molecule has 1 amide bonds. The number of esters is 1. The lowest BCUT2D eigenvalue weighted by molar-refractivity contribution is -0.125. The number of anilines is 1. The van der Waals surface area contributed by atoms with Gasteiger partial charge in [-0.15, -0.1) is 0 Å². The van der Waals surface area contributed by atoms with Crippen molar-refractivity contribution >= 4 is 29.2 Å². The molecule has 1 heterocycles. The number of cyclic esters (lactones) is 1. The molecule has 3 rings (SSSR count). The second-order valence-electron chi connectivity index (χ2n) is 5.35. The zero-order valence-corrected chi connectivity index (χ0v) is 13.8. The van der Waals surface area contributed by atoms with E-state index >= 15 is 0 Å². The van der Waals surface area contributed by atoms with Crippen LogP contribution in [0.15, 0.2) is 42.5 Å². The molecule has 6 heteroatoms. The smallest absolute Gasteiger partial charge is 0.339 e. The molecule has 0 spiro atoms. The standard InChI is InChI=1S/C18H16ClNO4/c1-2-23-14-7-5-13(6-8-14)20-17(21)16-9-11-3-4-12(19)10-15(11)18(22)24-16/h3-8,10,16H,2,9H2,1H3,(H,20,21)/t16-/m1/s1. The molecule has 0 aliphatic carbocycles. The van der Waals surface area contributed by atoms with Gasteiger partial charge in [0.25, 0.3) is 5.91 Å². The minimum absolute atomic E-state index is 0.321. The fraction of sp³-hybridized carbons (Fsp3) is 0.222. The van der Waals surface area contributed by atoms with E-state index < -0.39 is 12.1 Å². The van der Waals surface area contributed by atoms with Gasteiger partial charge in [-0.05, 0) is 48.9 Å². The summed E-state index contributed by atoms with van der Waals surface area (Å²) >= 11 is 5.89. The predicted molar refractivity (Wildman–Crippen MR) is 90.6 cm³/mol. The molecule has 0 bridgehead atoms. The lowest BCUT2D eigenvalue weighted by atomic mass is 9.98. The number of hydrogen-bond acceptors (Lipinski definition) is 4. The number of amides is 1. The largest absolute Gasteiger partial charge is 0.494 e. The highest BCUT2D eigenvalue weighted by Crippen LogP contribution is 2.25. The van der Waals surface area contributed by atoms with Crippen LogP contribution in [0.1, 0.15) is 22.8 Å². The van der Waals surface area contributed by atoms with Crippen LogP contribution >= 0.6 is 11.6 Å². The first-order valence-electron chi connectivity index (χ1n) is 7.60. The molecule has 2 aromatic rings. The number of benzene rings is 2. The van der Waals surface area contributed by atoms with Crippen LogP contribution in [0, 0.1) is 0 Å². The third kappa shape index (κ3) is 3.51. The van der Waals surface area contributed by atoms with Gasteiger partial charge in [0.2, 0.25) is 0 Å². The maximum Gasteiger partial charge on any atom is 0.339 e. The highest BCUT2D eigenvalue weighted by atomic mass is 35.5. The maximum atomic E-state index is 12.4. The van der Waals surface area contributed by atoms with E-state index in [2.05, 4.69) is 5.32 Å². The van der Waals surface area contributed by atoms with Gasteiger partial charge in [-0.2, -0.15) is 0 Å². The molecule has 2 aromatic carbocycles. The summed E-state index contributed by atoms with van der Waals surface area (Å²) in [7, 11) is 0. The summed E-state index contributed by atoms with van der Waals surface area (Å²) in [5.41, 5.74) is 1.77. The Kier molecular flexibility index (Phi) is 4.71. The van der Waals surface area contributed by atoms with Gasteiger partial charge in [0.1, 0.15) is 5.75 Å². The predicted octanol–water partition coefficient (Wildman–Crippen LogP) is 3.46. The number of carbonyl (C=O) groups excluding carboxylic acids is 2. The van der Waals surface area contributed by atoms with Gasteiger partial charge in [-0.25, -0.2) is 4.79 Å². The van der Waals surface area contributed by atoms with Crippen molar-refractivity contribution < 1.29 is 19.1 Å². The molecule has 124 valence electrons. The van der Waals surface area contributed by atoms with Gasteiger partial charge in [-0.1, -0.05) is 17.7 Å². The van der Waals surface area contributed by atoms with Crippen LogP contribution in [0.25, 0.3) is 0 Å². The third-order valence-electron chi connectivity index (χ3n) is 3.67. The second-order valence-corrected chi connectivity index (χ2v) is 5.78. The molecule has 1 aliphatic heterocycles. The molecule has 0 unspecified atom stereocenters. The van der Waals surface area contributed by atoms with E-state index in [9.17, 15) is 9.59 Å². The molecule has 0 saturated heterocycles. The van der Waals surface area contributed by atoms with E-state index in [0.29, 0.717) is 29.3 Å². The summed E-state index contributed by atoms with van der Waals surface area (Å²) in [5, 5.41) is 3.21. The normalized spacial score (nSPS) is 16.1. The lowest BCUT2D eigenvalue weighted by Gasteiger charge is -2.24. The van der Waals surface area contributed by atoms with E-state index in [-0.39, 0.29) is 5.91 Å². The molecule has 24 heavy (non-hydrogen) atoms. The summed E-state index contributed by atoms with van der Waals surface area (Å²) in [4.78, 5) is 24.4.